The lowest BCUT2D eigenvalue weighted by molar-refractivity contribution is 0.165. The minimum absolute atomic E-state index is 0.725. The number of hydrogen-bond acceptors (Lipinski definition) is 2. The van der Waals surface area contributed by atoms with E-state index in [0.717, 1.165) is 5.30 Å². The third kappa shape index (κ3) is 2.01. The Kier molecular flexibility index (Phi) is 2.65. The molecule has 0 fully saturated rings. The molecule has 0 amide bonds. The van der Waals surface area contributed by atoms with Crippen molar-refractivity contribution in [1.82, 2.24) is 0 Å². The molecule has 0 heterocycles. The lowest BCUT2D eigenvalue weighted by Crippen LogP contribution is -2.25. The zero-order valence-corrected chi connectivity index (χ0v) is 9.08. The van der Waals surface area contributed by atoms with Gasteiger partial charge in [0.05, 0.1) is 0 Å². The van der Waals surface area contributed by atoms with Gasteiger partial charge in [0.2, 0.25) is 0 Å². The van der Waals surface area contributed by atoms with Crippen LogP contribution in [0.1, 0.15) is 13.8 Å². The molecule has 0 spiro atoms. The molecule has 1 rings (SSSR count). The summed E-state index contributed by atoms with van der Waals surface area (Å²) in [5, 5.41) is 9.32. The Morgan fingerprint density at radius 2 is 1.69 bits per heavy atom. The molecular formula is C10H15O2P. The molecule has 0 bridgehead atoms. The first-order valence-corrected chi connectivity index (χ1v) is 6.37. The number of aliphatic hydroxyl groups is 1. The molecule has 0 aliphatic rings. The molecule has 72 valence electrons. The van der Waals surface area contributed by atoms with E-state index >= 15 is 0 Å². The second kappa shape index (κ2) is 3.28. The van der Waals surface area contributed by atoms with Gasteiger partial charge in [0.1, 0.15) is 12.5 Å². The van der Waals surface area contributed by atoms with E-state index in [1.54, 1.807) is 32.6 Å². The summed E-state index contributed by atoms with van der Waals surface area (Å²) in [5.41, 5.74) is 0. The monoisotopic (exact) mass is 198 g/mol. The largest absolute Gasteiger partial charge is 0.382 e. The molecule has 13 heavy (non-hydrogen) atoms. The lowest BCUT2D eigenvalue weighted by atomic mass is 10.4. The van der Waals surface area contributed by atoms with Crippen molar-refractivity contribution in [3.8, 4) is 0 Å². The summed E-state index contributed by atoms with van der Waals surface area (Å²) in [6, 6.07) is 9.11. The molecule has 0 aliphatic carbocycles. The van der Waals surface area contributed by atoms with E-state index in [1.807, 2.05) is 18.2 Å². The van der Waals surface area contributed by atoms with Gasteiger partial charge in [-0.2, -0.15) is 0 Å². The van der Waals surface area contributed by atoms with Crippen molar-refractivity contribution in [2.75, 3.05) is 6.66 Å². The summed E-state index contributed by atoms with van der Waals surface area (Å²) < 4.78 is 12.2. The first-order valence-electron chi connectivity index (χ1n) is 4.21. The zero-order chi connectivity index (χ0) is 10.1. The third-order valence-corrected chi connectivity index (χ3v) is 5.67. The molecule has 1 aromatic carbocycles. The van der Waals surface area contributed by atoms with Gasteiger partial charge in [0.25, 0.3) is 0 Å². The van der Waals surface area contributed by atoms with Gasteiger partial charge in [-0.3, -0.25) is 0 Å². The molecule has 0 unspecified atom stereocenters. The maximum absolute atomic E-state index is 12.2. The fraction of sp³-hybridized carbons (Fsp3) is 0.400. The second-order valence-corrected chi connectivity index (χ2v) is 7.21. The van der Waals surface area contributed by atoms with Crippen molar-refractivity contribution in [3.05, 3.63) is 30.3 Å². The highest BCUT2D eigenvalue weighted by atomic mass is 31.2. The quantitative estimate of drug-likeness (QED) is 0.738. The first kappa shape index (κ1) is 10.5. The number of benzene rings is 1. The highest BCUT2D eigenvalue weighted by Gasteiger charge is 2.35. The van der Waals surface area contributed by atoms with E-state index in [0.29, 0.717) is 0 Å². The summed E-state index contributed by atoms with van der Waals surface area (Å²) in [6.07, 6.45) is 0. The van der Waals surface area contributed by atoms with Crippen LogP contribution in [0.5, 0.6) is 0 Å². The van der Waals surface area contributed by atoms with Crippen LogP contribution in [-0.4, -0.2) is 17.1 Å². The molecule has 1 atom stereocenters. The Balaban J connectivity index is 3.17. The van der Waals surface area contributed by atoms with Gasteiger partial charge in [-0.25, -0.2) is 0 Å². The highest BCUT2D eigenvalue weighted by Crippen LogP contribution is 2.51. The first-order chi connectivity index (χ1) is 5.86. The molecule has 0 radical (unpaired) electrons. The molecule has 0 saturated carbocycles. The van der Waals surface area contributed by atoms with Gasteiger partial charge < -0.3 is 9.67 Å². The van der Waals surface area contributed by atoms with Crippen LogP contribution in [0.4, 0.5) is 0 Å². The van der Waals surface area contributed by atoms with E-state index in [4.69, 9.17) is 0 Å². The van der Waals surface area contributed by atoms with E-state index < -0.39 is 12.5 Å². The normalized spacial score (nSPS) is 16.6. The smallest absolute Gasteiger partial charge is 0.142 e. The van der Waals surface area contributed by atoms with Crippen molar-refractivity contribution >= 4 is 12.4 Å². The fourth-order valence-corrected chi connectivity index (χ4v) is 2.40. The van der Waals surface area contributed by atoms with Gasteiger partial charge in [-0.1, -0.05) is 30.3 Å². The van der Waals surface area contributed by atoms with Gasteiger partial charge >= 0.3 is 0 Å². The van der Waals surface area contributed by atoms with Crippen molar-refractivity contribution in [2.45, 2.75) is 19.2 Å². The molecule has 2 nitrogen and oxygen atoms in total. The van der Waals surface area contributed by atoms with Crippen LogP contribution in [0.25, 0.3) is 0 Å². The minimum atomic E-state index is -2.67. The maximum Gasteiger partial charge on any atom is 0.142 e. The molecule has 0 aliphatic heterocycles. The van der Waals surface area contributed by atoms with Crippen LogP contribution in [0.3, 0.4) is 0 Å². The van der Waals surface area contributed by atoms with Crippen LogP contribution in [-0.2, 0) is 4.57 Å². The summed E-state index contributed by atoms with van der Waals surface area (Å²) in [4.78, 5) is 0. The standard InChI is InChI=1S/C10H15O2P/c1-10(2,11)13(3,12)9-7-5-4-6-8-9/h4-8,11H,1-3H3/t13-/m1/s1. The number of rotatable bonds is 2. The fourth-order valence-electron chi connectivity index (χ4n) is 1.03. The van der Waals surface area contributed by atoms with Gasteiger partial charge in [-0.15, -0.1) is 0 Å². The SMILES string of the molecule is CC(C)(O)[P@](C)(=O)c1ccccc1. The Labute approximate surface area is 79.0 Å². The van der Waals surface area contributed by atoms with Gasteiger partial charge in [-0.05, 0) is 20.5 Å². The molecule has 1 aromatic rings. The van der Waals surface area contributed by atoms with E-state index in [2.05, 4.69) is 0 Å². The summed E-state index contributed by atoms with van der Waals surface area (Å²) in [6.45, 7) is 4.78. The van der Waals surface area contributed by atoms with E-state index in [9.17, 15) is 9.67 Å². The molecular weight excluding hydrogens is 183 g/mol. The topological polar surface area (TPSA) is 37.3 Å². The molecule has 1 N–H and O–H groups in total. The minimum Gasteiger partial charge on any atom is -0.382 e. The molecule has 0 saturated heterocycles. The van der Waals surface area contributed by atoms with Crippen LogP contribution < -0.4 is 5.30 Å². The zero-order valence-electron chi connectivity index (χ0n) is 8.19. The number of hydrogen-bond donors (Lipinski definition) is 1. The Hall–Kier alpha value is -0.590. The average Bonchev–Trinajstić information content (AvgIpc) is 2.04. The van der Waals surface area contributed by atoms with E-state index in [-0.39, 0.29) is 0 Å². The predicted molar refractivity (Wildman–Crippen MR) is 55.9 cm³/mol. The third-order valence-electron chi connectivity index (χ3n) is 2.29. The van der Waals surface area contributed by atoms with Crippen LogP contribution in [0.2, 0.25) is 0 Å². The summed E-state index contributed by atoms with van der Waals surface area (Å²) in [5.74, 6) is 0. The van der Waals surface area contributed by atoms with Gasteiger partial charge in [0, 0.05) is 5.30 Å². The van der Waals surface area contributed by atoms with Crippen LogP contribution >= 0.6 is 7.14 Å². The van der Waals surface area contributed by atoms with Crippen LogP contribution in [0.15, 0.2) is 30.3 Å². The van der Waals surface area contributed by atoms with Crippen molar-refractivity contribution < 1.29 is 9.67 Å². The summed E-state index contributed by atoms with van der Waals surface area (Å²) in [7, 11) is -2.67. The van der Waals surface area contributed by atoms with Crippen molar-refractivity contribution in [1.29, 1.82) is 0 Å². The van der Waals surface area contributed by atoms with Crippen molar-refractivity contribution in [2.24, 2.45) is 0 Å². The Morgan fingerprint density at radius 3 is 2.08 bits per heavy atom. The maximum atomic E-state index is 12.2. The molecule has 0 aromatic heterocycles. The Bertz CT molecular complexity index is 325. The van der Waals surface area contributed by atoms with Crippen molar-refractivity contribution in [3.63, 3.8) is 0 Å². The van der Waals surface area contributed by atoms with E-state index in [1.165, 1.54) is 0 Å². The van der Waals surface area contributed by atoms with Crippen LogP contribution in [0, 0.1) is 0 Å². The average molecular weight is 198 g/mol. The molecule has 3 heteroatoms. The lowest BCUT2D eigenvalue weighted by Gasteiger charge is -2.26. The highest BCUT2D eigenvalue weighted by molar-refractivity contribution is 7.72. The summed E-state index contributed by atoms with van der Waals surface area (Å²) >= 11 is 0. The predicted octanol–water partition coefficient (Wildman–Crippen LogP) is 2.03. The Morgan fingerprint density at radius 1 is 1.23 bits per heavy atom. The van der Waals surface area contributed by atoms with Gasteiger partial charge in [0.15, 0.2) is 0 Å². The second-order valence-electron chi connectivity index (χ2n) is 3.75.